The minimum absolute atomic E-state index is 0.0360. The van der Waals surface area contributed by atoms with Crippen molar-refractivity contribution in [2.45, 2.75) is 25.3 Å². The number of aromatic amines is 1. The summed E-state index contributed by atoms with van der Waals surface area (Å²) in [6.07, 6.45) is 0.412. The number of piperazine rings is 1. The van der Waals surface area contributed by atoms with Crippen molar-refractivity contribution in [2.75, 3.05) is 29.7 Å². The van der Waals surface area contributed by atoms with E-state index in [2.05, 4.69) is 22.2 Å². The molecular weight excluding hydrogens is 736 g/mol. The van der Waals surface area contributed by atoms with Crippen LogP contribution >= 0.6 is 0 Å². The predicted octanol–water partition coefficient (Wildman–Crippen LogP) is -1.16. The number of rotatable bonds is 7. The third-order valence-electron chi connectivity index (χ3n) is 8.65. The first-order chi connectivity index (χ1) is 23.2. The number of piperidine rings is 1. The number of fused-ring (bicyclic) bond motifs is 2. The summed E-state index contributed by atoms with van der Waals surface area (Å²) in [6.45, 7) is 1.77. The molecule has 13 nitrogen and oxygen atoms in total. The number of halogens is 2. The van der Waals surface area contributed by atoms with Crippen LogP contribution in [-0.4, -0.2) is 84.9 Å². The van der Waals surface area contributed by atoms with Crippen molar-refractivity contribution in [3.05, 3.63) is 105 Å². The van der Waals surface area contributed by atoms with Crippen molar-refractivity contribution < 1.29 is 50.1 Å². The molecule has 3 aliphatic heterocycles. The van der Waals surface area contributed by atoms with Crippen LogP contribution in [0.3, 0.4) is 0 Å². The normalized spacial score (nSPS) is 18.4. The van der Waals surface area contributed by atoms with E-state index in [1.54, 1.807) is 47.4 Å². The number of carbonyl (C=O) groups excluding carboxylic acids is 5. The van der Waals surface area contributed by atoms with E-state index in [4.69, 9.17) is 0 Å². The van der Waals surface area contributed by atoms with Gasteiger partial charge in [0.2, 0.25) is 0 Å². The van der Waals surface area contributed by atoms with Gasteiger partial charge in [-0.15, -0.1) is 0 Å². The van der Waals surface area contributed by atoms with Crippen molar-refractivity contribution >= 4 is 46.0 Å². The van der Waals surface area contributed by atoms with Crippen LogP contribution in [0.4, 0.5) is 10.1 Å². The number of carbonyl (C=O) groups is 5. The minimum atomic E-state index is -1.05. The second kappa shape index (κ2) is 12.9. The summed E-state index contributed by atoms with van der Waals surface area (Å²) < 4.78 is 20.4. The van der Waals surface area contributed by atoms with Gasteiger partial charge >= 0.3 is 256 Å². The van der Waals surface area contributed by atoms with E-state index < -0.39 is 63.1 Å². The average molecular weight is 765 g/mol. The summed E-state index contributed by atoms with van der Waals surface area (Å²) in [5, 5.41) is 10.1. The van der Waals surface area contributed by atoms with E-state index in [1.165, 1.54) is 12.1 Å². The van der Waals surface area contributed by atoms with Gasteiger partial charge in [-0.2, -0.15) is 0 Å². The molecule has 3 aliphatic rings. The number of imide groups is 2. The molecular formula is C33H28FIN7O6-. The SMILES string of the molecule is O=C1CCC(N2C(=O)c3cccc(N[I-]N4CCN(C(=O)c5cc(Cc6n[nH]c(=O)c7ccccc67)ccc5F)CC4)c3C2=O)C(=O)N1. The monoisotopic (exact) mass is 764 g/mol. The Morgan fingerprint density at radius 3 is 2.48 bits per heavy atom. The molecule has 0 spiro atoms. The molecule has 4 heterocycles. The van der Waals surface area contributed by atoms with Crippen molar-refractivity contribution in [3.63, 3.8) is 0 Å². The standard InChI is InChI=1S/C33H28FIN7O6/c34-23-9-8-18(17-25-19-4-1-2-5-20(19)29(44)39-38-25)16-22(23)31(46)40-12-14-41(15-13-40)35-37-24-7-3-6-21-28(24)33(48)42(32(21)47)26-10-11-27(43)36-30(26)45/h1-9,16,26,37H,10-15,17H2,(H,39,44)(H,36,43,45)/q-1. The molecule has 4 aromatic rings. The van der Waals surface area contributed by atoms with Gasteiger partial charge in [0.25, 0.3) is 5.56 Å². The number of hydrogen-bond donors (Lipinski definition) is 3. The number of H-pyrrole nitrogens is 1. The maximum absolute atomic E-state index is 14.9. The van der Waals surface area contributed by atoms with Crippen LogP contribution in [0.25, 0.3) is 10.8 Å². The van der Waals surface area contributed by atoms with E-state index in [9.17, 15) is 33.2 Å². The number of nitrogens with one attached hydrogen (secondary N) is 3. The van der Waals surface area contributed by atoms with E-state index >= 15 is 0 Å². The number of amides is 5. The van der Waals surface area contributed by atoms with Crippen LogP contribution < -0.4 is 36.2 Å². The van der Waals surface area contributed by atoms with E-state index in [-0.39, 0.29) is 35.1 Å². The van der Waals surface area contributed by atoms with Crippen LogP contribution in [-0.2, 0) is 16.0 Å². The molecule has 1 unspecified atom stereocenters. The number of hydrogen-bond acceptors (Lipinski definition) is 9. The van der Waals surface area contributed by atoms with Gasteiger partial charge in [-0.1, -0.05) is 12.1 Å². The van der Waals surface area contributed by atoms with Gasteiger partial charge in [0, 0.05) is 0 Å². The molecule has 5 amide bonds. The summed E-state index contributed by atoms with van der Waals surface area (Å²) in [5.74, 6) is -3.30. The zero-order valence-corrected chi connectivity index (χ0v) is 27.5. The molecule has 7 rings (SSSR count). The van der Waals surface area contributed by atoms with Gasteiger partial charge in [0.15, 0.2) is 0 Å². The predicted molar refractivity (Wildman–Crippen MR) is 166 cm³/mol. The zero-order valence-electron chi connectivity index (χ0n) is 25.3. The Kier molecular flexibility index (Phi) is 8.47. The number of nitrogens with zero attached hydrogens (tertiary/aromatic N) is 4. The Bertz CT molecular complexity index is 2080. The van der Waals surface area contributed by atoms with Crippen molar-refractivity contribution in [3.8, 4) is 0 Å². The molecule has 1 aromatic heterocycles. The Hall–Kier alpha value is -5.03. The summed E-state index contributed by atoms with van der Waals surface area (Å²) in [4.78, 5) is 78.7. The van der Waals surface area contributed by atoms with Crippen LogP contribution in [0.5, 0.6) is 0 Å². The van der Waals surface area contributed by atoms with Gasteiger partial charge in [0.05, 0.1) is 0 Å². The molecule has 246 valence electrons. The van der Waals surface area contributed by atoms with Crippen LogP contribution in [0, 0.1) is 5.82 Å². The Balaban J connectivity index is 0.987. The Labute approximate surface area is 283 Å². The molecule has 0 saturated carbocycles. The fraction of sp³-hybridized carbons (Fsp3) is 0.242. The molecule has 3 N–H and O–H groups in total. The average Bonchev–Trinajstić information content (AvgIpc) is 3.35. The fourth-order valence-electron chi connectivity index (χ4n) is 6.18. The van der Waals surface area contributed by atoms with E-state index in [0.717, 1.165) is 4.90 Å². The van der Waals surface area contributed by atoms with Gasteiger partial charge in [-0.05, 0) is 6.07 Å². The molecule has 0 bridgehead atoms. The molecule has 0 aliphatic carbocycles. The summed E-state index contributed by atoms with van der Waals surface area (Å²) in [5.41, 5.74) is 1.83. The fourth-order valence-corrected chi connectivity index (χ4v) is 8.15. The third-order valence-corrected chi connectivity index (χ3v) is 11.1. The molecule has 15 heteroatoms. The number of aromatic nitrogens is 2. The molecule has 48 heavy (non-hydrogen) atoms. The van der Waals surface area contributed by atoms with Crippen molar-refractivity contribution in [1.29, 1.82) is 0 Å². The molecule has 3 aromatic carbocycles. The topological polar surface area (TPSA) is 165 Å². The van der Waals surface area contributed by atoms with Gasteiger partial charge in [-0.25, -0.2) is 0 Å². The first kappa shape index (κ1) is 31.6. The molecule has 0 radical (unpaired) electrons. The van der Waals surface area contributed by atoms with Crippen molar-refractivity contribution in [2.24, 2.45) is 0 Å². The second-order valence-electron chi connectivity index (χ2n) is 11.6. The van der Waals surface area contributed by atoms with Gasteiger partial charge < -0.3 is 0 Å². The Morgan fingerprint density at radius 2 is 1.71 bits per heavy atom. The maximum atomic E-state index is 14.9. The first-order valence-electron chi connectivity index (χ1n) is 15.2. The van der Waals surface area contributed by atoms with Crippen LogP contribution in [0.15, 0.2) is 65.5 Å². The zero-order chi connectivity index (χ0) is 33.5. The van der Waals surface area contributed by atoms with Crippen molar-refractivity contribution in [1.82, 2.24) is 28.4 Å². The first-order valence-corrected chi connectivity index (χ1v) is 17.3. The van der Waals surface area contributed by atoms with Gasteiger partial charge in [-0.3, -0.25) is 4.79 Å². The Morgan fingerprint density at radius 1 is 0.938 bits per heavy atom. The summed E-state index contributed by atoms with van der Waals surface area (Å²) in [7, 11) is 0. The summed E-state index contributed by atoms with van der Waals surface area (Å²) >= 11 is -0.881. The third kappa shape index (κ3) is 5.83. The van der Waals surface area contributed by atoms with E-state index in [0.29, 0.717) is 60.3 Å². The molecule has 1 atom stereocenters. The second-order valence-corrected chi connectivity index (χ2v) is 14.0. The van der Waals surface area contributed by atoms with Crippen LogP contribution in [0.1, 0.15) is 55.2 Å². The molecule has 2 saturated heterocycles. The van der Waals surface area contributed by atoms with E-state index in [1.807, 2.05) is 6.07 Å². The quantitative estimate of drug-likeness (QED) is 0.120. The molecule has 2 fully saturated rings. The number of benzene rings is 3. The summed E-state index contributed by atoms with van der Waals surface area (Å²) in [6, 6.07) is 15.4. The number of anilines is 1. The van der Waals surface area contributed by atoms with Crippen LogP contribution in [0.2, 0.25) is 0 Å². The van der Waals surface area contributed by atoms with Gasteiger partial charge in [0.1, 0.15) is 0 Å².